The van der Waals surface area contributed by atoms with Crippen molar-refractivity contribution < 1.29 is 14.7 Å². The van der Waals surface area contributed by atoms with Crippen LogP contribution >= 0.6 is 11.6 Å². The number of aromatic nitrogens is 2. The molecule has 0 bridgehead atoms. The van der Waals surface area contributed by atoms with Crippen LogP contribution in [0.4, 0.5) is 0 Å². The molecule has 0 saturated carbocycles. The minimum atomic E-state index is -1.18. The van der Waals surface area contributed by atoms with E-state index in [4.69, 9.17) is 16.7 Å². The predicted molar refractivity (Wildman–Crippen MR) is 65.5 cm³/mol. The van der Waals surface area contributed by atoms with Gasteiger partial charge in [-0.1, -0.05) is 11.6 Å². The Labute approximate surface area is 108 Å². The van der Waals surface area contributed by atoms with E-state index >= 15 is 0 Å². The molecule has 0 spiro atoms. The average molecular weight is 265 g/mol. The van der Waals surface area contributed by atoms with Crippen molar-refractivity contribution in [3.63, 3.8) is 0 Å². The van der Waals surface area contributed by atoms with Crippen LogP contribution in [-0.2, 0) is 0 Å². The van der Waals surface area contributed by atoms with Gasteiger partial charge in [-0.2, -0.15) is 5.10 Å². The van der Waals surface area contributed by atoms with Crippen molar-refractivity contribution in [1.82, 2.24) is 9.78 Å². The zero-order valence-corrected chi connectivity index (χ0v) is 10.2. The summed E-state index contributed by atoms with van der Waals surface area (Å²) in [5.41, 5.74) is 0.627. The van der Waals surface area contributed by atoms with Crippen LogP contribution in [0, 0.1) is 0 Å². The van der Waals surface area contributed by atoms with Crippen molar-refractivity contribution in [1.29, 1.82) is 0 Å². The van der Waals surface area contributed by atoms with E-state index in [2.05, 4.69) is 5.10 Å². The number of carboxylic acids is 1. The highest BCUT2D eigenvalue weighted by Gasteiger charge is 2.17. The SMILES string of the molecule is CC(=O)c1cc(C(=O)O)nn1-c1ccc(Cl)cc1. The molecule has 1 aromatic heterocycles. The van der Waals surface area contributed by atoms with E-state index in [9.17, 15) is 9.59 Å². The number of hydrogen-bond donors (Lipinski definition) is 1. The minimum Gasteiger partial charge on any atom is -0.476 e. The Balaban J connectivity index is 2.58. The van der Waals surface area contributed by atoms with Gasteiger partial charge in [0.15, 0.2) is 11.5 Å². The highest BCUT2D eigenvalue weighted by Crippen LogP contribution is 2.16. The molecule has 0 saturated heterocycles. The zero-order valence-electron chi connectivity index (χ0n) is 9.42. The highest BCUT2D eigenvalue weighted by atomic mass is 35.5. The van der Waals surface area contributed by atoms with Gasteiger partial charge in [0.2, 0.25) is 0 Å². The molecule has 5 nitrogen and oxygen atoms in total. The summed E-state index contributed by atoms with van der Waals surface area (Å²) in [4.78, 5) is 22.3. The fourth-order valence-electron chi connectivity index (χ4n) is 1.52. The van der Waals surface area contributed by atoms with Gasteiger partial charge in [0.05, 0.1) is 5.69 Å². The van der Waals surface area contributed by atoms with Gasteiger partial charge in [0.1, 0.15) is 5.69 Å². The molecule has 0 atom stereocenters. The molecule has 0 radical (unpaired) electrons. The molecule has 1 aromatic carbocycles. The van der Waals surface area contributed by atoms with Gasteiger partial charge in [-0.3, -0.25) is 4.79 Å². The van der Waals surface area contributed by atoms with E-state index in [1.165, 1.54) is 17.7 Å². The van der Waals surface area contributed by atoms with Crippen molar-refractivity contribution in [3.05, 3.63) is 46.7 Å². The molecule has 6 heteroatoms. The lowest BCUT2D eigenvalue weighted by atomic mass is 10.2. The lowest BCUT2D eigenvalue weighted by Crippen LogP contribution is -2.06. The smallest absolute Gasteiger partial charge is 0.356 e. The zero-order chi connectivity index (χ0) is 13.3. The maximum absolute atomic E-state index is 11.5. The van der Waals surface area contributed by atoms with E-state index < -0.39 is 5.97 Å². The van der Waals surface area contributed by atoms with Gasteiger partial charge in [-0.25, -0.2) is 9.48 Å². The Hall–Kier alpha value is -2.14. The van der Waals surface area contributed by atoms with Gasteiger partial charge >= 0.3 is 5.97 Å². The number of hydrogen-bond acceptors (Lipinski definition) is 3. The quantitative estimate of drug-likeness (QED) is 0.864. The van der Waals surface area contributed by atoms with Crippen molar-refractivity contribution in [2.75, 3.05) is 0 Å². The van der Waals surface area contributed by atoms with Gasteiger partial charge in [0, 0.05) is 18.0 Å². The average Bonchev–Trinajstić information content (AvgIpc) is 2.75. The molecule has 92 valence electrons. The van der Waals surface area contributed by atoms with E-state index in [1.54, 1.807) is 24.3 Å². The van der Waals surface area contributed by atoms with Crippen LogP contribution < -0.4 is 0 Å². The Kier molecular flexibility index (Phi) is 3.16. The first-order chi connectivity index (χ1) is 8.49. The molecular formula is C12H9ClN2O3. The number of benzene rings is 1. The van der Waals surface area contributed by atoms with Gasteiger partial charge in [-0.05, 0) is 24.3 Å². The summed E-state index contributed by atoms with van der Waals surface area (Å²) in [6.07, 6.45) is 0. The molecule has 0 aliphatic heterocycles. The Bertz CT molecular complexity index is 617. The van der Waals surface area contributed by atoms with Crippen LogP contribution in [0.5, 0.6) is 0 Å². The molecule has 1 heterocycles. The normalized spacial score (nSPS) is 10.3. The van der Waals surface area contributed by atoms with E-state index in [-0.39, 0.29) is 17.2 Å². The van der Waals surface area contributed by atoms with E-state index in [1.807, 2.05) is 0 Å². The standard InChI is InChI=1S/C12H9ClN2O3/c1-7(16)11-6-10(12(17)18)14-15(11)9-4-2-8(13)3-5-9/h2-6H,1H3,(H,17,18). The molecular weight excluding hydrogens is 256 g/mol. The molecule has 0 unspecified atom stereocenters. The first-order valence-electron chi connectivity index (χ1n) is 5.09. The third kappa shape index (κ3) is 2.26. The van der Waals surface area contributed by atoms with Gasteiger partial charge in [-0.15, -0.1) is 0 Å². The number of carbonyl (C=O) groups is 2. The first kappa shape index (κ1) is 12.3. The van der Waals surface area contributed by atoms with Gasteiger partial charge < -0.3 is 5.11 Å². The summed E-state index contributed by atoms with van der Waals surface area (Å²) >= 11 is 5.77. The maximum atomic E-state index is 11.5. The van der Waals surface area contributed by atoms with Crippen molar-refractivity contribution >= 4 is 23.4 Å². The van der Waals surface area contributed by atoms with Crippen molar-refractivity contribution in [2.24, 2.45) is 0 Å². The highest BCUT2D eigenvalue weighted by molar-refractivity contribution is 6.30. The van der Waals surface area contributed by atoms with E-state index in [0.717, 1.165) is 0 Å². The van der Waals surface area contributed by atoms with Crippen LogP contribution in [0.25, 0.3) is 5.69 Å². The Morgan fingerprint density at radius 2 is 1.89 bits per heavy atom. The summed E-state index contributed by atoms with van der Waals surface area (Å²) in [6, 6.07) is 7.85. The number of aromatic carboxylic acids is 1. The van der Waals surface area contributed by atoms with Crippen molar-refractivity contribution in [2.45, 2.75) is 6.92 Å². The Morgan fingerprint density at radius 3 is 2.39 bits per heavy atom. The van der Waals surface area contributed by atoms with Crippen LogP contribution in [0.2, 0.25) is 5.02 Å². The number of rotatable bonds is 3. The molecule has 0 fully saturated rings. The second-order valence-electron chi connectivity index (χ2n) is 3.66. The summed E-state index contributed by atoms with van der Waals surface area (Å²) < 4.78 is 1.29. The third-order valence-corrected chi connectivity index (χ3v) is 2.61. The number of carbonyl (C=O) groups excluding carboxylic acids is 1. The summed E-state index contributed by atoms with van der Waals surface area (Å²) in [5, 5.41) is 13.3. The largest absolute Gasteiger partial charge is 0.476 e. The van der Waals surface area contributed by atoms with Crippen LogP contribution in [0.15, 0.2) is 30.3 Å². The molecule has 2 aromatic rings. The summed E-state index contributed by atoms with van der Waals surface area (Å²) in [7, 11) is 0. The number of nitrogens with zero attached hydrogens (tertiary/aromatic N) is 2. The lowest BCUT2D eigenvalue weighted by Gasteiger charge is -2.04. The number of Topliss-reactive ketones (excluding diaryl/α,β-unsaturated/α-hetero) is 1. The third-order valence-electron chi connectivity index (χ3n) is 2.36. The molecule has 0 aliphatic carbocycles. The maximum Gasteiger partial charge on any atom is 0.356 e. The number of ketones is 1. The lowest BCUT2D eigenvalue weighted by molar-refractivity contribution is 0.0690. The number of halogens is 1. The second-order valence-corrected chi connectivity index (χ2v) is 4.10. The predicted octanol–water partition coefficient (Wildman–Crippen LogP) is 2.43. The van der Waals surface area contributed by atoms with Crippen LogP contribution in [0.1, 0.15) is 27.9 Å². The monoisotopic (exact) mass is 264 g/mol. The minimum absolute atomic E-state index is 0.171. The van der Waals surface area contributed by atoms with Crippen LogP contribution in [-0.4, -0.2) is 26.6 Å². The molecule has 2 rings (SSSR count). The molecule has 0 aliphatic rings. The molecule has 0 amide bonds. The Morgan fingerprint density at radius 1 is 1.28 bits per heavy atom. The summed E-state index contributed by atoms with van der Waals surface area (Å²) in [5.74, 6) is -1.44. The fourth-order valence-corrected chi connectivity index (χ4v) is 1.64. The van der Waals surface area contributed by atoms with E-state index in [0.29, 0.717) is 10.7 Å². The van der Waals surface area contributed by atoms with Gasteiger partial charge in [0.25, 0.3) is 0 Å². The fraction of sp³-hybridized carbons (Fsp3) is 0.0833. The van der Waals surface area contributed by atoms with Crippen LogP contribution in [0.3, 0.4) is 0 Å². The first-order valence-corrected chi connectivity index (χ1v) is 5.47. The number of carboxylic acid groups (broad SMARTS) is 1. The second kappa shape index (κ2) is 4.62. The summed E-state index contributed by atoms with van der Waals surface area (Å²) in [6.45, 7) is 1.36. The molecule has 1 N–H and O–H groups in total. The van der Waals surface area contributed by atoms with Crippen molar-refractivity contribution in [3.8, 4) is 5.69 Å². The molecule has 18 heavy (non-hydrogen) atoms. The topological polar surface area (TPSA) is 72.2 Å².